The van der Waals surface area contributed by atoms with Gasteiger partial charge in [0.1, 0.15) is 5.00 Å². The standard InChI is InChI=1S/C23H25ClN4O2S2/c1-2-30-22(29)20-16-9-4-3-5-11-18(16)32-21(20)26-23(31)25-19-12-13-28(27-19)14-15-8-6-7-10-17(15)24/h6-8,10,12-13H,2-5,9,11,14H2,1H3,(H2,25,26,27,31). The highest BCUT2D eigenvalue weighted by Crippen LogP contribution is 2.38. The number of aryl methyl sites for hydroxylation is 1. The van der Waals surface area contributed by atoms with Gasteiger partial charge in [-0.2, -0.15) is 5.10 Å². The molecule has 0 spiro atoms. The normalized spacial score (nSPS) is 13.2. The fourth-order valence-corrected chi connectivity index (χ4v) is 5.57. The number of rotatable bonds is 6. The number of thiocarbonyl (C=S) groups is 1. The zero-order valence-electron chi connectivity index (χ0n) is 17.8. The van der Waals surface area contributed by atoms with Gasteiger partial charge in [-0.05, 0) is 62.0 Å². The summed E-state index contributed by atoms with van der Waals surface area (Å²) in [6.45, 7) is 2.72. The first kappa shape index (κ1) is 22.8. The van der Waals surface area contributed by atoms with E-state index in [1.165, 1.54) is 11.3 Å². The fraction of sp³-hybridized carbons (Fsp3) is 0.348. The van der Waals surface area contributed by atoms with Crippen molar-refractivity contribution in [2.75, 3.05) is 17.2 Å². The van der Waals surface area contributed by atoms with Crippen molar-refractivity contribution in [2.24, 2.45) is 0 Å². The van der Waals surface area contributed by atoms with Gasteiger partial charge >= 0.3 is 5.97 Å². The molecule has 0 atom stereocenters. The van der Waals surface area contributed by atoms with Gasteiger partial charge in [0.25, 0.3) is 0 Å². The largest absolute Gasteiger partial charge is 0.462 e. The Hall–Kier alpha value is -2.42. The second-order valence-corrected chi connectivity index (χ2v) is 9.48. The molecule has 3 aromatic rings. The van der Waals surface area contributed by atoms with Crippen molar-refractivity contribution in [3.63, 3.8) is 0 Å². The Morgan fingerprint density at radius 2 is 2.03 bits per heavy atom. The first-order valence-electron chi connectivity index (χ1n) is 10.7. The number of anilines is 2. The van der Waals surface area contributed by atoms with Crippen LogP contribution >= 0.6 is 35.2 Å². The predicted molar refractivity (Wildman–Crippen MR) is 134 cm³/mol. The number of halogens is 1. The smallest absolute Gasteiger partial charge is 0.341 e. The second-order valence-electron chi connectivity index (χ2n) is 7.56. The van der Waals surface area contributed by atoms with Gasteiger partial charge < -0.3 is 15.4 Å². The van der Waals surface area contributed by atoms with E-state index in [1.807, 2.05) is 43.5 Å². The summed E-state index contributed by atoms with van der Waals surface area (Å²) in [5, 5.41) is 12.7. The van der Waals surface area contributed by atoms with Crippen molar-refractivity contribution in [3.8, 4) is 0 Å². The topological polar surface area (TPSA) is 68.2 Å². The molecule has 0 radical (unpaired) electrons. The van der Waals surface area contributed by atoms with Crippen molar-refractivity contribution >= 4 is 57.1 Å². The highest BCUT2D eigenvalue weighted by molar-refractivity contribution is 7.80. The minimum Gasteiger partial charge on any atom is -0.462 e. The number of nitrogens with zero attached hydrogens (tertiary/aromatic N) is 2. The molecule has 4 rings (SSSR count). The third-order valence-corrected chi connectivity index (χ3v) is 7.08. The summed E-state index contributed by atoms with van der Waals surface area (Å²) < 4.78 is 7.14. The quantitative estimate of drug-likeness (QED) is 0.256. The lowest BCUT2D eigenvalue weighted by molar-refractivity contribution is 0.0527. The second kappa shape index (κ2) is 10.5. The molecule has 2 aromatic heterocycles. The number of aromatic nitrogens is 2. The Morgan fingerprint density at radius 1 is 1.22 bits per heavy atom. The number of hydrogen-bond acceptors (Lipinski definition) is 5. The molecule has 32 heavy (non-hydrogen) atoms. The summed E-state index contributed by atoms with van der Waals surface area (Å²) in [5.74, 6) is 0.326. The number of esters is 1. The maximum atomic E-state index is 12.7. The number of carbonyl (C=O) groups excluding carboxylic acids is 1. The van der Waals surface area contributed by atoms with Crippen LogP contribution in [0.3, 0.4) is 0 Å². The Bertz CT molecular complexity index is 1130. The summed E-state index contributed by atoms with van der Waals surface area (Å²) in [6, 6.07) is 9.54. The zero-order chi connectivity index (χ0) is 22.5. The van der Waals surface area contributed by atoms with Crippen molar-refractivity contribution in [1.82, 2.24) is 9.78 Å². The molecule has 1 aromatic carbocycles. The van der Waals surface area contributed by atoms with Gasteiger partial charge in [0.2, 0.25) is 0 Å². The van der Waals surface area contributed by atoms with E-state index < -0.39 is 0 Å². The number of benzene rings is 1. The minimum absolute atomic E-state index is 0.291. The number of hydrogen-bond donors (Lipinski definition) is 2. The molecule has 0 fully saturated rings. The van der Waals surface area contributed by atoms with Crippen molar-refractivity contribution in [2.45, 2.75) is 45.6 Å². The monoisotopic (exact) mass is 488 g/mol. The maximum absolute atomic E-state index is 12.7. The highest BCUT2D eigenvalue weighted by atomic mass is 35.5. The van der Waals surface area contributed by atoms with Crippen LogP contribution in [-0.4, -0.2) is 27.5 Å². The van der Waals surface area contributed by atoms with Gasteiger partial charge in [0.15, 0.2) is 10.9 Å². The Morgan fingerprint density at radius 3 is 2.84 bits per heavy atom. The summed E-state index contributed by atoms with van der Waals surface area (Å²) >= 11 is 13.4. The van der Waals surface area contributed by atoms with E-state index >= 15 is 0 Å². The van der Waals surface area contributed by atoms with Crippen LogP contribution < -0.4 is 10.6 Å². The van der Waals surface area contributed by atoms with Gasteiger partial charge in [0, 0.05) is 22.2 Å². The number of thiophene rings is 1. The predicted octanol–water partition coefficient (Wildman–Crippen LogP) is 5.90. The van der Waals surface area contributed by atoms with Crippen LogP contribution in [0.15, 0.2) is 36.5 Å². The van der Waals surface area contributed by atoms with Gasteiger partial charge in [0.05, 0.1) is 18.7 Å². The molecule has 6 nitrogen and oxygen atoms in total. The average Bonchev–Trinajstić information content (AvgIpc) is 3.26. The van der Waals surface area contributed by atoms with Crippen molar-refractivity contribution in [3.05, 3.63) is 63.1 Å². The Balaban J connectivity index is 1.47. The fourth-order valence-electron chi connectivity index (χ4n) is 3.82. The van der Waals surface area contributed by atoms with E-state index in [2.05, 4.69) is 15.7 Å². The molecule has 0 bridgehead atoms. The van der Waals surface area contributed by atoms with E-state index in [1.54, 1.807) is 16.0 Å². The van der Waals surface area contributed by atoms with Crippen LogP contribution in [0.1, 0.15) is 52.5 Å². The first-order chi connectivity index (χ1) is 15.5. The summed E-state index contributed by atoms with van der Waals surface area (Å²) in [6.07, 6.45) is 7.16. The number of ether oxygens (including phenoxy) is 1. The lowest BCUT2D eigenvalue weighted by atomic mass is 10.1. The summed E-state index contributed by atoms with van der Waals surface area (Å²) in [4.78, 5) is 14.0. The van der Waals surface area contributed by atoms with E-state index in [0.29, 0.717) is 34.7 Å². The number of carbonyl (C=O) groups is 1. The average molecular weight is 489 g/mol. The molecule has 0 unspecified atom stereocenters. The van der Waals surface area contributed by atoms with E-state index in [9.17, 15) is 4.79 Å². The molecule has 2 heterocycles. The van der Waals surface area contributed by atoms with Gasteiger partial charge in [-0.25, -0.2) is 4.79 Å². The number of nitrogens with one attached hydrogen (secondary N) is 2. The van der Waals surface area contributed by atoms with Crippen LogP contribution in [0.25, 0.3) is 0 Å². The van der Waals surface area contributed by atoms with Crippen LogP contribution in [0, 0.1) is 0 Å². The summed E-state index contributed by atoms with van der Waals surface area (Å²) in [7, 11) is 0. The maximum Gasteiger partial charge on any atom is 0.341 e. The van der Waals surface area contributed by atoms with Crippen LogP contribution in [0.5, 0.6) is 0 Å². The van der Waals surface area contributed by atoms with E-state index in [4.69, 9.17) is 28.6 Å². The SMILES string of the molecule is CCOC(=O)c1c(NC(=S)Nc2ccn(Cc3ccccc3Cl)n2)sc2c1CCCCC2. The molecule has 0 saturated heterocycles. The van der Waals surface area contributed by atoms with Crippen LogP contribution in [0.2, 0.25) is 5.02 Å². The minimum atomic E-state index is -0.291. The van der Waals surface area contributed by atoms with Gasteiger partial charge in [-0.1, -0.05) is 36.2 Å². The lowest BCUT2D eigenvalue weighted by Gasteiger charge is -2.10. The Kier molecular flexibility index (Phi) is 7.44. The lowest BCUT2D eigenvalue weighted by Crippen LogP contribution is -2.21. The van der Waals surface area contributed by atoms with Gasteiger partial charge in [-0.3, -0.25) is 4.68 Å². The molecule has 2 N–H and O–H groups in total. The molecule has 0 aliphatic heterocycles. The third kappa shape index (κ3) is 5.31. The van der Waals surface area contributed by atoms with Crippen molar-refractivity contribution in [1.29, 1.82) is 0 Å². The van der Waals surface area contributed by atoms with E-state index in [0.717, 1.165) is 41.8 Å². The Labute approximate surface area is 201 Å². The highest BCUT2D eigenvalue weighted by Gasteiger charge is 2.26. The molecule has 1 aliphatic rings. The third-order valence-electron chi connectivity index (χ3n) is 5.30. The molecular weight excluding hydrogens is 464 g/mol. The molecule has 0 amide bonds. The molecule has 0 saturated carbocycles. The van der Waals surface area contributed by atoms with Crippen molar-refractivity contribution < 1.29 is 9.53 Å². The molecular formula is C23H25ClN4O2S2. The first-order valence-corrected chi connectivity index (χ1v) is 12.3. The summed E-state index contributed by atoms with van der Waals surface area (Å²) in [5.41, 5.74) is 2.73. The molecule has 9 heteroatoms. The van der Waals surface area contributed by atoms with Crippen LogP contribution in [0.4, 0.5) is 10.8 Å². The molecule has 168 valence electrons. The van der Waals surface area contributed by atoms with E-state index in [-0.39, 0.29) is 5.97 Å². The van der Waals surface area contributed by atoms with Gasteiger partial charge in [-0.15, -0.1) is 11.3 Å². The number of fused-ring (bicyclic) bond motifs is 1. The molecule has 1 aliphatic carbocycles. The van der Waals surface area contributed by atoms with Crippen LogP contribution in [-0.2, 0) is 24.1 Å². The zero-order valence-corrected chi connectivity index (χ0v) is 20.2.